The van der Waals surface area contributed by atoms with Crippen molar-refractivity contribution in [3.63, 3.8) is 0 Å². The van der Waals surface area contributed by atoms with Crippen LogP contribution in [0.25, 0.3) is 0 Å². The molecule has 2 aromatic rings. The van der Waals surface area contributed by atoms with Crippen molar-refractivity contribution < 1.29 is 27.6 Å². The number of allylic oxidation sites excluding steroid dienone is 2. The van der Waals surface area contributed by atoms with Crippen molar-refractivity contribution in [1.29, 1.82) is 0 Å². The van der Waals surface area contributed by atoms with E-state index >= 15 is 0 Å². The van der Waals surface area contributed by atoms with Crippen LogP contribution in [0.4, 0.5) is 24.5 Å². The van der Waals surface area contributed by atoms with Gasteiger partial charge in [0.1, 0.15) is 0 Å². The van der Waals surface area contributed by atoms with Crippen molar-refractivity contribution in [2.45, 2.75) is 25.9 Å². The second kappa shape index (κ2) is 7.68. The highest BCUT2D eigenvalue weighted by Gasteiger charge is 2.48. The first kappa shape index (κ1) is 20.8. The van der Waals surface area contributed by atoms with Crippen LogP contribution in [0, 0.1) is 11.8 Å². The molecule has 1 aliphatic heterocycles. The molecule has 3 amide bonds. The van der Waals surface area contributed by atoms with Gasteiger partial charge in [0.25, 0.3) is 5.91 Å². The number of halogens is 3. The first-order chi connectivity index (χ1) is 14.7. The van der Waals surface area contributed by atoms with Gasteiger partial charge in [0.15, 0.2) is 0 Å². The molecule has 0 saturated carbocycles. The second-order valence-electron chi connectivity index (χ2n) is 7.76. The number of nitrogens with one attached hydrogen (secondary N) is 1. The molecule has 2 aromatic carbocycles. The molecule has 1 saturated heterocycles. The van der Waals surface area contributed by atoms with Crippen LogP contribution < -0.4 is 10.2 Å². The van der Waals surface area contributed by atoms with Gasteiger partial charge in [-0.15, -0.1) is 0 Å². The lowest BCUT2D eigenvalue weighted by molar-refractivity contribution is -0.137. The van der Waals surface area contributed by atoms with Gasteiger partial charge in [0.2, 0.25) is 11.8 Å². The fourth-order valence-electron chi connectivity index (χ4n) is 4.11. The monoisotopic (exact) mass is 428 g/mol. The molecule has 1 aliphatic carbocycles. The van der Waals surface area contributed by atoms with E-state index in [-0.39, 0.29) is 28.8 Å². The third-order valence-corrected chi connectivity index (χ3v) is 5.67. The second-order valence-corrected chi connectivity index (χ2v) is 7.76. The molecule has 0 aromatic heterocycles. The van der Waals surface area contributed by atoms with Crippen LogP contribution in [-0.2, 0) is 15.8 Å². The molecule has 31 heavy (non-hydrogen) atoms. The van der Waals surface area contributed by atoms with Crippen molar-refractivity contribution in [1.82, 2.24) is 0 Å². The Morgan fingerprint density at radius 3 is 2.48 bits per heavy atom. The SMILES string of the molecule is CC1=CCC2C(=O)N(c3cccc(C(=O)Nc4ccccc4C(F)(F)F)c3)C(=O)C2C1. The van der Waals surface area contributed by atoms with Gasteiger partial charge in [-0.3, -0.25) is 19.3 Å². The molecule has 2 aliphatic rings. The maximum Gasteiger partial charge on any atom is 0.418 e. The van der Waals surface area contributed by atoms with E-state index in [0.717, 1.165) is 22.6 Å². The van der Waals surface area contributed by atoms with E-state index in [2.05, 4.69) is 5.32 Å². The van der Waals surface area contributed by atoms with E-state index in [4.69, 9.17) is 0 Å². The Balaban J connectivity index is 1.59. The van der Waals surface area contributed by atoms with Crippen molar-refractivity contribution in [3.05, 3.63) is 71.3 Å². The zero-order valence-corrected chi connectivity index (χ0v) is 16.6. The predicted octanol–water partition coefficient (Wildman–Crippen LogP) is 4.80. The van der Waals surface area contributed by atoms with Crippen LogP contribution in [0.2, 0.25) is 0 Å². The number of rotatable bonds is 3. The molecule has 0 spiro atoms. The van der Waals surface area contributed by atoms with Gasteiger partial charge in [-0.05, 0) is 50.1 Å². The summed E-state index contributed by atoms with van der Waals surface area (Å²) in [7, 11) is 0. The van der Waals surface area contributed by atoms with Crippen molar-refractivity contribution in [2.24, 2.45) is 11.8 Å². The molecule has 8 heteroatoms. The third kappa shape index (κ3) is 3.85. The van der Waals surface area contributed by atoms with Crippen LogP contribution in [0.5, 0.6) is 0 Å². The Kier molecular flexibility index (Phi) is 5.16. The number of imide groups is 1. The minimum Gasteiger partial charge on any atom is -0.321 e. The number of benzene rings is 2. The van der Waals surface area contributed by atoms with Gasteiger partial charge < -0.3 is 5.32 Å². The summed E-state index contributed by atoms with van der Waals surface area (Å²) < 4.78 is 39.6. The van der Waals surface area contributed by atoms with Crippen molar-refractivity contribution in [2.75, 3.05) is 10.2 Å². The normalized spacial score (nSPS) is 21.0. The molecule has 160 valence electrons. The predicted molar refractivity (Wildman–Crippen MR) is 108 cm³/mol. The lowest BCUT2D eigenvalue weighted by atomic mass is 9.82. The van der Waals surface area contributed by atoms with Crippen LogP contribution in [0.3, 0.4) is 0 Å². The number of carbonyl (C=O) groups is 3. The fourth-order valence-corrected chi connectivity index (χ4v) is 4.11. The minimum absolute atomic E-state index is 0.0410. The molecule has 0 radical (unpaired) electrons. The van der Waals surface area contributed by atoms with E-state index in [1.165, 1.54) is 36.4 Å². The van der Waals surface area contributed by atoms with Gasteiger partial charge in [-0.1, -0.05) is 29.8 Å². The maximum absolute atomic E-state index is 13.2. The number of amides is 3. The summed E-state index contributed by atoms with van der Waals surface area (Å²) in [5.74, 6) is -2.25. The summed E-state index contributed by atoms with van der Waals surface area (Å²) in [4.78, 5) is 39.4. The summed E-state index contributed by atoms with van der Waals surface area (Å²) in [5.41, 5.74) is 0.00131. The van der Waals surface area contributed by atoms with Crippen LogP contribution >= 0.6 is 0 Å². The Bertz CT molecular complexity index is 1110. The largest absolute Gasteiger partial charge is 0.418 e. The molecular weight excluding hydrogens is 409 g/mol. The molecule has 0 bridgehead atoms. The average molecular weight is 428 g/mol. The molecule has 2 unspecified atom stereocenters. The van der Waals surface area contributed by atoms with Gasteiger partial charge in [0.05, 0.1) is 28.8 Å². The topological polar surface area (TPSA) is 66.5 Å². The molecular formula is C23H19F3N2O3. The first-order valence-electron chi connectivity index (χ1n) is 9.78. The molecule has 1 N–H and O–H groups in total. The third-order valence-electron chi connectivity index (χ3n) is 5.67. The van der Waals surface area contributed by atoms with E-state index in [0.29, 0.717) is 12.8 Å². The highest BCUT2D eigenvalue weighted by molar-refractivity contribution is 6.22. The zero-order valence-electron chi connectivity index (χ0n) is 16.6. The summed E-state index contributed by atoms with van der Waals surface area (Å²) in [6, 6.07) is 10.5. The van der Waals surface area contributed by atoms with E-state index in [1.807, 2.05) is 13.0 Å². The molecule has 4 rings (SSSR count). The Morgan fingerprint density at radius 2 is 1.74 bits per heavy atom. The number of fused-ring (bicyclic) bond motifs is 1. The molecule has 1 heterocycles. The Morgan fingerprint density at radius 1 is 1.03 bits per heavy atom. The summed E-state index contributed by atoms with van der Waals surface area (Å²) in [6.07, 6.45) is -1.66. The lowest BCUT2D eigenvalue weighted by Gasteiger charge is -2.18. The smallest absolute Gasteiger partial charge is 0.321 e. The number of hydrogen-bond acceptors (Lipinski definition) is 3. The Hall–Kier alpha value is -3.42. The average Bonchev–Trinajstić information content (AvgIpc) is 2.97. The highest BCUT2D eigenvalue weighted by Crippen LogP contribution is 2.40. The number of hydrogen-bond donors (Lipinski definition) is 1. The number of carbonyl (C=O) groups excluding carboxylic acids is 3. The molecule has 2 atom stereocenters. The Labute approximate surface area is 176 Å². The molecule has 1 fully saturated rings. The van der Waals surface area contributed by atoms with Gasteiger partial charge >= 0.3 is 6.18 Å². The lowest BCUT2D eigenvalue weighted by Crippen LogP contribution is -2.31. The van der Waals surface area contributed by atoms with E-state index in [1.54, 1.807) is 0 Å². The number of alkyl halides is 3. The summed E-state index contributed by atoms with van der Waals surface area (Å²) in [5, 5.41) is 2.27. The first-order valence-corrected chi connectivity index (χ1v) is 9.78. The quantitative estimate of drug-likeness (QED) is 0.564. The number of anilines is 2. The van der Waals surface area contributed by atoms with Gasteiger partial charge in [0, 0.05) is 5.56 Å². The van der Waals surface area contributed by atoms with Crippen LogP contribution in [0.15, 0.2) is 60.2 Å². The highest BCUT2D eigenvalue weighted by atomic mass is 19.4. The van der Waals surface area contributed by atoms with E-state index < -0.39 is 29.5 Å². The van der Waals surface area contributed by atoms with Crippen molar-refractivity contribution in [3.8, 4) is 0 Å². The summed E-state index contributed by atoms with van der Waals surface area (Å²) >= 11 is 0. The fraction of sp³-hybridized carbons (Fsp3) is 0.261. The zero-order chi connectivity index (χ0) is 22.3. The van der Waals surface area contributed by atoms with Crippen molar-refractivity contribution >= 4 is 29.1 Å². The standard InChI is InChI=1S/C23H19F3N2O3/c1-13-9-10-16-17(11-13)22(31)28(21(16)30)15-6-4-5-14(12-15)20(29)27-19-8-3-2-7-18(19)23(24,25)26/h2-9,12,16-17H,10-11H2,1H3,(H,27,29). The van der Waals surface area contributed by atoms with Gasteiger partial charge in [-0.2, -0.15) is 13.2 Å². The number of para-hydroxylation sites is 1. The summed E-state index contributed by atoms with van der Waals surface area (Å²) in [6.45, 7) is 1.92. The van der Waals surface area contributed by atoms with Gasteiger partial charge in [-0.25, -0.2) is 0 Å². The van der Waals surface area contributed by atoms with E-state index in [9.17, 15) is 27.6 Å². The number of nitrogens with zero attached hydrogens (tertiary/aromatic N) is 1. The minimum atomic E-state index is -4.62. The molecule has 5 nitrogen and oxygen atoms in total. The van der Waals surface area contributed by atoms with Crippen LogP contribution in [0.1, 0.15) is 35.7 Å². The maximum atomic E-state index is 13.2. The van der Waals surface area contributed by atoms with Crippen LogP contribution in [-0.4, -0.2) is 17.7 Å².